The van der Waals surface area contributed by atoms with Gasteiger partial charge in [0.05, 0.1) is 10.6 Å². The zero-order chi connectivity index (χ0) is 19.2. The fourth-order valence-corrected chi connectivity index (χ4v) is 4.91. The van der Waals surface area contributed by atoms with Gasteiger partial charge in [-0.3, -0.25) is 14.2 Å². The monoisotopic (exact) mass is 386 g/mol. The molecule has 0 aliphatic heterocycles. The molecule has 0 amide bonds. The number of hydrogen-bond acceptors (Lipinski definition) is 5. The Morgan fingerprint density at radius 2 is 1.92 bits per heavy atom. The van der Waals surface area contributed by atoms with E-state index in [-0.39, 0.29) is 16.6 Å². The van der Waals surface area contributed by atoms with Gasteiger partial charge in [-0.2, -0.15) is 0 Å². The van der Waals surface area contributed by atoms with Gasteiger partial charge in [-0.25, -0.2) is 4.98 Å². The van der Waals surface area contributed by atoms with Gasteiger partial charge in [0.1, 0.15) is 4.83 Å². The van der Waals surface area contributed by atoms with Crippen LogP contribution in [0.2, 0.25) is 0 Å². The molecule has 6 heteroatoms. The number of aryl methyl sites for hydroxylation is 4. The van der Waals surface area contributed by atoms with E-state index in [1.165, 1.54) is 23.1 Å². The number of carbonyl (C=O) groups excluding carboxylic acids is 1. The van der Waals surface area contributed by atoms with Gasteiger partial charge in [-0.05, 0) is 51.8 Å². The zero-order valence-corrected chi connectivity index (χ0v) is 17.5. The average Bonchev–Trinajstić information content (AvgIpc) is 2.88. The molecule has 0 aliphatic rings. The van der Waals surface area contributed by atoms with Crippen molar-refractivity contribution in [3.8, 4) is 0 Å². The first-order valence-corrected chi connectivity index (χ1v) is 10.1. The molecule has 0 N–H and O–H groups in total. The predicted molar refractivity (Wildman–Crippen MR) is 110 cm³/mol. The molecule has 0 saturated heterocycles. The van der Waals surface area contributed by atoms with Crippen LogP contribution in [-0.4, -0.2) is 20.6 Å². The molecule has 4 nitrogen and oxygen atoms in total. The fourth-order valence-electron chi connectivity index (χ4n) is 2.89. The van der Waals surface area contributed by atoms with Gasteiger partial charge in [-0.1, -0.05) is 29.5 Å². The van der Waals surface area contributed by atoms with Gasteiger partial charge in [0.15, 0.2) is 10.9 Å². The van der Waals surface area contributed by atoms with E-state index >= 15 is 0 Å². The Morgan fingerprint density at radius 3 is 2.62 bits per heavy atom. The van der Waals surface area contributed by atoms with Crippen molar-refractivity contribution in [3.63, 3.8) is 0 Å². The molecule has 26 heavy (non-hydrogen) atoms. The van der Waals surface area contributed by atoms with Crippen molar-refractivity contribution in [2.75, 3.05) is 0 Å². The van der Waals surface area contributed by atoms with Gasteiger partial charge in [0.2, 0.25) is 0 Å². The minimum atomic E-state index is -0.326. The highest BCUT2D eigenvalue weighted by Crippen LogP contribution is 2.30. The summed E-state index contributed by atoms with van der Waals surface area (Å²) in [5.74, 6) is 0.0593. The van der Waals surface area contributed by atoms with Crippen molar-refractivity contribution in [2.45, 2.75) is 45.0 Å². The molecule has 3 aromatic rings. The summed E-state index contributed by atoms with van der Waals surface area (Å²) in [6, 6.07) is 5.90. The van der Waals surface area contributed by atoms with E-state index in [1.54, 1.807) is 11.6 Å². The second-order valence-corrected chi connectivity index (χ2v) is 9.18. The van der Waals surface area contributed by atoms with Gasteiger partial charge >= 0.3 is 0 Å². The maximum atomic E-state index is 12.9. The summed E-state index contributed by atoms with van der Waals surface area (Å²) in [5, 5.41) is 0.941. The van der Waals surface area contributed by atoms with Crippen molar-refractivity contribution in [1.29, 1.82) is 0 Å². The molecule has 0 aliphatic carbocycles. The molecule has 1 unspecified atom stereocenters. The Balaban J connectivity index is 1.98. The van der Waals surface area contributed by atoms with Crippen LogP contribution >= 0.6 is 23.1 Å². The number of nitrogens with zero attached hydrogens (tertiary/aromatic N) is 2. The first-order chi connectivity index (χ1) is 12.2. The van der Waals surface area contributed by atoms with Crippen LogP contribution in [-0.2, 0) is 7.05 Å². The summed E-state index contributed by atoms with van der Waals surface area (Å²) in [4.78, 5) is 32.2. The van der Waals surface area contributed by atoms with E-state index in [0.717, 1.165) is 32.0 Å². The van der Waals surface area contributed by atoms with Crippen LogP contribution in [0.15, 0.2) is 28.2 Å². The highest BCUT2D eigenvalue weighted by Gasteiger charge is 2.22. The Bertz CT molecular complexity index is 1080. The number of Topliss-reactive ketones (excluding diaryl/α,β-unsaturated/α-hetero) is 1. The third-order valence-electron chi connectivity index (χ3n) is 4.68. The lowest BCUT2D eigenvalue weighted by Crippen LogP contribution is -2.22. The molecule has 0 spiro atoms. The second kappa shape index (κ2) is 7.00. The molecule has 2 heterocycles. The minimum absolute atomic E-state index is 0.0502. The topological polar surface area (TPSA) is 52.0 Å². The van der Waals surface area contributed by atoms with Crippen molar-refractivity contribution >= 4 is 39.1 Å². The maximum Gasteiger partial charge on any atom is 0.262 e. The lowest BCUT2D eigenvalue weighted by atomic mass is 10.0. The summed E-state index contributed by atoms with van der Waals surface area (Å²) < 4.78 is 1.55. The smallest absolute Gasteiger partial charge is 0.262 e. The van der Waals surface area contributed by atoms with Crippen molar-refractivity contribution < 1.29 is 4.79 Å². The Hall–Kier alpha value is -1.92. The molecule has 0 saturated carbocycles. The lowest BCUT2D eigenvalue weighted by molar-refractivity contribution is 0.0993. The lowest BCUT2D eigenvalue weighted by Gasteiger charge is -2.14. The standard InChI is InChI=1S/C20H22N2O2S2/c1-10-7-8-11(2)15(9-10)17(23)14(5)26-20-21-18-16(19(24)22(20)6)12(3)13(4)25-18/h7-9,14H,1-6H3. The number of aromatic nitrogens is 2. The third kappa shape index (κ3) is 3.23. The van der Waals surface area contributed by atoms with Crippen molar-refractivity contribution in [3.05, 3.63) is 55.7 Å². The van der Waals surface area contributed by atoms with Gasteiger partial charge in [-0.15, -0.1) is 11.3 Å². The molecular formula is C20H22N2O2S2. The normalized spacial score (nSPS) is 12.5. The van der Waals surface area contributed by atoms with E-state index in [2.05, 4.69) is 4.98 Å². The van der Waals surface area contributed by atoms with Gasteiger partial charge < -0.3 is 0 Å². The van der Waals surface area contributed by atoms with Crippen LogP contribution < -0.4 is 5.56 Å². The number of hydrogen-bond donors (Lipinski definition) is 0. The Labute approximate surface area is 161 Å². The van der Waals surface area contributed by atoms with Crippen LogP contribution in [0.1, 0.15) is 38.8 Å². The van der Waals surface area contributed by atoms with Crippen LogP contribution in [0.3, 0.4) is 0 Å². The molecule has 3 rings (SSSR count). The average molecular weight is 387 g/mol. The largest absolute Gasteiger partial charge is 0.293 e. The predicted octanol–water partition coefficient (Wildman–Crippen LogP) is 4.59. The molecule has 0 radical (unpaired) electrons. The number of carbonyl (C=O) groups is 1. The number of thioether (sulfide) groups is 1. The molecule has 2 aromatic heterocycles. The van der Waals surface area contributed by atoms with Crippen LogP contribution in [0.25, 0.3) is 10.2 Å². The fraction of sp³-hybridized carbons (Fsp3) is 0.350. The molecule has 0 bridgehead atoms. The summed E-state index contributed by atoms with van der Waals surface area (Å²) in [5.41, 5.74) is 3.71. The van der Waals surface area contributed by atoms with E-state index < -0.39 is 0 Å². The number of benzene rings is 1. The first-order valence-electron chi connectivity index (χ1n) is 8.45. The highest BCUT2D eigenvalue weighted by molar-refractivity contribution is 8.00. The Kier molecular flexibility index (Phi) is 5.08. The molecule has 136 valence electrons. The SMILES string of the molecule is Cc1ccc(C)c(C(=O)C(C)Sc2nc3sc(C)c(C)c3c(=O)n2C)c1. The van der Waals surface area contributed by atoms with Crippen LogP contribution in [0, 0.1) is 27.7 Å². The molecule has 1 aromatic carbocycles. The van der Waals surface area contributed by atoms with E-state index in [0.29, 0.717) is 10.5 Å². The number of ketones is 1. The first kappa shape index (κ1) is 18.9. The van der Waals surface area contributed by atoms with Gasteiger partial charge in [0.25, 0.3) is 5.56 Å². The van der Waals surface area contributed by atoms with Crippen LogP contribution in [0.5, 0.6) is 0 Å². The quantitative estimate of drug-likeness (QED) is 0.374. The van der Waals surface area contributed by atoms with E-state index in [9.17, 15) is 9.59 Å². The minimum Gasteiger partial charge on any atom is -0.293 e. The van der Waals surface area contributed by atoms with Gasteiger partial charge in [0, 0.05) is 17.5 Å². The summed E-state index contributed by atoms with van der Waals surface area (Å²) >= 11 is 2.87. The zero-order valence-electron chi connectivity index (χ0n) is 15.8. The van der Waals surface area contributed by atoms with Crippen molar-refractivity contribution in [2.24, 2.45) is 7.05 Å². The number of fused-ring (bicyclic) bond motifs is 1. The number of thiophene rings is 1. The summed E-state index contributed by atoms with van der Waals surface area (Å²) in [7, 11) is 1.72. The third-order valence-corrected chi connectivity index (χ3v) is 6.92. The summed E-state index contributed by atoms with van der Waals surface area (Å²) in [6.07, 6.45) is 0. The van der Waals surface area contributed by atoms with Crippen LogP contribution in [0.4, 0.5) is 0 Å². The maximum absolute atomic E-state index is 12.9. The summed E-state index contributed by atoms with van der Waals surface area (Å²) in [6.45, 7) is 9.75. The highest BCUT2D eigenvalue weighted by atomic mass is 32.2. The second-order valence-electron chi connectivity index (χ2n) is 6.66. The van der Waals surface area contributed by atoms with E-state index in [1.807, 2.05) is 52.8 Å². The van der Waals surface area contributed by atoms with Crippen molar-refractivity contribution in [1.82, 2.24) is 9.55 Å². The number of rotatable bonds is 4. The Morgan fingerprint density at radius 1 is 1.23 bits per heavy atom. The molecular weight excluding hydrogens is 364 g/mol. The van der Waals surface area contributed by atoms with E-state index in [4.69, 9.17) is 0 Å². The molecule has 1 atom stereocenters. The molecule has 0 fully saturated rings.